The molecule has 8 heteroatoms. The van der Waals surface area contributed by atoms with Crippen LogP contribution in [0.2, 0.25) is 0 Å². The largest absolute Gasteiger partial charge is 0.477 e. The summed E-state index contributed by atoms with van der Waals surface area (Å²) >= 11 is 0. The number of benzene rings is 1. The van der Waals surface area contributed by atoms with Gasteiger partial charge in [0, 0.05) is 12.7 Å². The highest BCUT2D eigenvalue weighted by atomic mass is 16.5. The van der Waals surface area contributed by atoms with Crippen LogP contribution < -0.4 is 21.1 Å². The van der Waals surface area contributed by atoms with E-state index in [1.165, 1.54) is 4.57 Å². The van der Waals surface area contributed by atoms with E-state index in [-0.39, 0.29) is 23.0 Å². The van der Waals surface area contributed by atoms with Gasteiger partial charge >= 0.3 is 0 Å². The maximum Gasteiger partial charge on any atom is 0.275 e. The smallest absolute Gasteiger partial charge is 0.275 e. The van der Waals surface area contributed by atoms with Gasteiger partial charge in [-0.3, -0.25) is 25.0 Å². The maximum atomic E-state index is 12.6. The number of nitrogens with zero attached hydrogens (tertiary/aromatic N) is 3. The van der Waals surface area contributed by atoms with Gasteiger partial charge < -0.3 is 4.74 Å². The highest BCUT2D eigenvalue weighted by Crippen LogP contribution is 2.14. The van der Waals surface area contributed by atoms with E-state index in [2.05, 4.69) is 20.8 Å². The molecule has 2 heterocycles. The first-order valence-corrected chi connectivity index (χ1v) is 8.29. The Kier molecular flexibility index (Phi) is 5.12. The topological polar surface area (TPSA) is 98.1 Å². The van der Waals surface area contributed by atoms with Gasteiger partial charge in [-0.25, -0.2) is 9.97 Å². The predicted octanol–water partition coefficient (Wildman–Crippen LogP) is 1.97. The quantitative estimate of drug-likeness (QED) is 0.658. The number of ether oxygens (including phenoxy) is 1. The highest BCUT2D eigenvalue weighted by Gasteiger charge is 2.15. The zero-order valence-corrected chi connectivity index (χ0v) is 14.5. The van der Waals surface area contributed by atoms with E-state index in [1.54, 1.807) is 42.6 Å². The molecule has 8 nitrogen and oxygen atoms in total. The minimum atomic E-state index is -0.438. The zero-order valence-electron chi connectivity index (χ0n) is 14.5. The second kappa shape index (κ2) is 7.64. The van der Waals surface area contributed by atoms with Crippen LogP contribution in [0.15, 0.2) is 47.4 Å². The summed E-state index contributed by atoms with van der Waals surface area (Å²) in [5.41, 5.74) is 5.94. The lowest BCUT2D eigenvalue weighted by molar-refractivity contribution is 0.0957. The summed E-state index contributed by atoms with van der Waals surface area (Å²) in [5, 5.41) is 0.525. The normalized spacial score (nSPS) is 10.5. The lowest BCUT2D eigenvalue weighted by atomic mass is 10.2. The Balaban J connectivity index is 1.88. The van der Waals surface area contributed by atoms with E-state index in [1.807, 2.05) is 13.8 Å². The van der Waals surface area contributed by atoms with Gasteiger partial charge in [-0.15, -0.1) is 0 Å². The molecule has 0 saturated heterocycles. The van der Waals surface area contributed by atoms with Crippen LogP contribution in [0.25, 0.3) is 10.9 Å². The minimum Gasteiger partial charge on any atom is -0.477 e. The second-order valence-corrected chi connectivity index (χ2v) is 5.37. The molecular formula is C18H19N5O3. The molecule has 2 N–H and O–H groups in total. The molecule has 3 aromatic rings. The standard InChI is InChI=1S/C18H19N5O3/c1-3-23-17(25)12-8-5-6-10-14(12)20-18(23)22-21-15(24)13-9-7-11-19-16(13)26-4-2/h5-11H,3-4H2,1-2H3,(H,20,22)(H,21,24). The Labute approximate surface area is 149 Å². The maximum absolute atomic E-state index is 12.6. The highest BCUT2D eigenvalue weighted by molar-refractivity contribution is 5.96. The zero-order chi connectivity index (χ0) is 18.5. The molecule has 1 amide bonds. The monoisotopic (exact) mass is 353 g/mol. The van der Waals surface area contributed by atoms with E-state index in [0.717, 1.165) is 0 Å². The Morgan fingerprint density at radius 2 is 2.00 bits per heavy atom. The lowest BCUT2D eigenvalue weighted by Crippen LogP contribution is -2.34. The molecule has 0 radical (unpaired) electrons. The third-order valence-corrected chi connectivity index (χ3v) is 3.76. The number of anilines is 1. The van der Waals surface area contributed by atoms with Crippen LogP contribution >= 0.6 is 0 Å². The van der Waals surface area contributed by atoms with E-state index >= 15 is 0 Å². The number of hydrogen-bond donors (Lipinski definition) is 2. The molecule has 1 aromatic carbocycles. The fraction of sp³-hybridized carbons (Fsp3) is 0.222. The van der Waals surface area contributed by atoms with Crippen LogP contribution in [0.1, 0.15) is 24.2 Å². The summed E-state index contributed by atoms with van der Waals surface area (Å²) in [4.78, 5) is 33.5. The number of para-hydroxylation sites is 1. The summed E-state index contributed by atoms with van der Waals surface area (Å²) in [7, 11) is 0. The van der Waals surface area contributed by atoms with Crippen LogP contribution in [-0.4, -0.2) is 27.0 Å². The number of pyridine rings is 1. The van der Waals surface area contributed by atoms with Gasteiger partial charge in [-0.05, 0) is 38.1 Å². The van der Waals surface area contributed by atoms with Gasteiger partial charge in [-0.1, -0.05) is 12.1 Å². The number of rotatable bonds is 6. The Hall–Kier alpha value is -3.42. The van der Waals surface area contributed by atoms with Crippen molar-refractivity contribution in [1.29, 1.82) is 0 Å². The SMILES string of the molecule is CCOc1ncccc1C(=O)NNc1nc2ccccc2c(=O)n1CC. The molecule has 3 rings (SSSR count). The van der Waals surface area contributed by atoms with Crippen molar-refractivity contribution in [2.45, 2.75) is 20.4 Å². The second-order valence-electron chi connectivity index (χ2n) is 5.37. The average molecular weight is 353 g/mol. The van der Waals surface area contributed by atoms with Crippen LogP contribution in [0.3, 0.4) is 0 Å². The summed E-state index contributed by atoms with van der Waals surface area (Å²) in [6, 6.07) is 10.3. The van der Waals surface area contributed by atoms with Crippen molar-refractivity contribution in [2.75, 3.05) is 12.0 Å². The van der Waals surface area contributed by atoms with E-state index < -0.39 is 5.91 Å². The predicted molar refractivity (Wildman–Crippen MR) is 98.2 cm³/mol. The fourth-order valence-corrected chi connectivity index (χ4v) is 2.55. The number of fused-ring (bicyclic) bond motifs is 1. The van der Waals surface area contributed by atoms with Crippen LogP contribution in [0.5, 0.6) is 5.88 Å². The third-order valence-electron chi connectivity index (χ3n) is 3.76. The molecule has 134 valence electrons. The fourth-order valence-electron chi connectivity index (χ4n) is 2.55. The number of hydrazine groups is 1. The molecule has 2 aromatic heterocycles. The number of nitrogens with one attached hydrogen (secondary N) is 2. The van der Waals surface area contributed by atoms with Gasteiger partial charge in [0.15, 0.2) is 0 Å². The molecule has 26 heavy (non-hydrogen) atoms. The van der Waals surface area contributed by atoms with Crippen molar-refractivity contribution in [3.05, 3.63) is 58.5 Å². The van der Waals surface area contributed by atoms with Crippen molar-refractivity contribution in [3.8, 4) is 5.88 Å². The molecule has 0 aliphatic carbocycles. The lowest BCUT2D eigenvalue weighted by Gasteiger charge is -2.14. The van der Waals surface area contributed by atoms with Crippen molar-refractivity contribution in [2.24, 2.45) is 0 Å². The summed E-state index contributed by atoms with van der Waals surface area (Å²) in [6.07, 6.45) is 1.55. The molecular weight excluding hydrogens is 334 g/mol. The Morgan fingerprint density at radius 3 is 2.77 bits per heavy atom. The van der Waals surface area contributed by atoms with Crippen molar-refractivity contribution in [3.63, 3.8) is 0 Å². The van der Waals surface area contributed by atoms with E-state index in [0.29, 0.717) is 24.1 Å². The third kappa shape index (κ3) is 3.34. The summed E-state index contributed by atoms with van der Waals surface area (Å²) in [6.45, 7) is 4.45. The number of hydrogen-bond acceptors (Lipinski definition) is 6. The average Bonchev–Trinajstić information content (AvgIpc) is 2.67. The van der Waals surface area contributed by atoms with Crippen LogP contribution in [0, 0.1) is 0 Å². The first kappa shape index (κ1) is 17.4. The molecule has 0 spiro atoms. The van der Waals surface area contributed by atoms with Gasteiger partial charge in [0.25, 0.3) is 11.5 Å². The number of aromatic nitrogens is 3. The Bertz CT molecular complexity index is 1000. The molecule has 0 fully saturated rings. The first-order chi connectivity index (χ1) is 12.7. The van der Waals surface area contributed by atoms with Crippen LogP contribution in [-0.2, 0) is 6.54 Å². The van der Waals surface area contributed by atoms with Crippen molar-refractivity contribution < 1.29 is 9.53 Å². The summed E-state index contributed by atoms with van der Waals surface area (Å²) < 4.78 is 6.81. The van der Waals surface area contributed by atoms with Gasteiger partial charge in [-0.2, -0.15) is 0 Å². The van der Waals surface area contributed by atoms with Crippen LogP contribution in [0.4, 0.5) is 5.95 Å². The van der Waals surface area contributed by atoms with E-state index in [4.69, 9.17) is 4.74 Å². The number of carbonyl (C=O) groups is 1. The molecule has 0 aliphatic heterocycles. The molecule has 0 unspecified atom stereocenters. The van der Waals surface area contributed by atoms with Crippen molar-refractivity contribution >= 4 is 22.8 Å². The number of carbonyl (C=O) groups excluding carboxylic acids is 1. The van der Waals surface area contributed by atoms with Gasteiger partial charge in [0.1, 0.15) is 5.56 Å². The molecule has 0 atom stereocenters. The Morgan fingerprint density at radius 1 is 1.19 bits per heavy atom. The van der Waals surface area contributed by atoms with Gasteiger partial charge in [0.2, 0.25) is 11.8 Å². The molecule has 0 saturated carbocycles. The number of amides is 1. The molecule has 0 aliphatic rings. The van der Waals surface area contributed by atoms with Crippen molar-refractivity contribution in [1.82, 2.24) is 20.0 Å². The minimum absolute atomic E-state index is 0.175. The first-order valence-electron chi connectivity index (χ1n) is 8.29. The molecule has 0 bridgehead atoms. The summed E-state index contributed by atoms with van der Waals surface area (Å²) in [5.74, 6) is 0.0617. The van der Waals surface area contributed by atoms with Gasteiger partial charge in [0.05, 0.1) is 17.5 Å². The van der Waals surface area contributed by atoms with E-state index in [9.17, 15) is 9.59 Å².